The third kappa shape index (κ3) is 4.49. The fourth-order valence-electron chi connectivity index (χ4n) is 2.13. The average Bonchev–Trinajstić information content (AvgIpc) is 3.04. The Kier molecular flexibility index (Phi) is 5.21. The zero-order valence-electron chi connectivity index (χ0n) is 12.8. The molecule has 0 atom stereocenters. The molecule has 25 heavy (non-hydrogen) atoms. The zero-order valence-corrected chi connectivity index (χ0v) is 14.3. The second kappa shape index (κ2) is 7.55. The van der Waals surface area contributed by atoms with Gasteiger partial charge in [0, 0.05) is 15.6 Å². The summed E-state index contributed by atoms with van der Waals surface area (Å²) in [5.74, 6) is 0.230. The van der Waals surface area contributed by atoms with Crippen LogP contribution in [0.2, 0.25) is 10.0 Å². The van der Waals surface area contributed by atoms with Crippen LogP contribution in [0.25, 0.3) is 11.4 Å². The summed E-state index contributed by atoms with van der Waals surface area (Å²) in [7, 11) is 0. The van der Waals surface area contributed by atoms with Crippen LogP contribution < -0.4 is 4.74 Å². The van der Waals surface area contributed by atoms with Gasteiger partial charge in [0.1, 0.15) is 5.75 Å². The van der Waals surface area contributed by atoms with E-state index in [4.69, 9.17) is 37.6 Å². The number of carbonyl (C=O) groups is 1. The molecule has 8 heteroatoms. The van der Waals surface area contributed by atoms with Crippen LogP contribution in [-0.4, -0.2) is 21.2 Å². The Hall–Kier alpha value is -2.57. The first-order valence-electron chi connectivity index (χ1n) is 7.23. The molecule has 0 saturated carbocycles. The second-order valence-electron chi connectivity index (χ2n) is 5.13. The summed E-state index contributed by atoms with van der Waals surface area (Å²) >= 11 is 12.0. The van der Waals surface area contributed by atoms with E-state index in [1.165, 1.54) is 0 Å². The Morgan fingerprint density at radius 3 is 2.76 bits per heavy atom. The number of aromatic nitrogens is 2. The summed E-state index contributed by atoms with van der Waals surface area (Å²) in [6, 6.07) is 11.9. The predicted octanol–water partition coefficient (Wildman–Crippen LogP) is 4.25. The summed E-state index contributed by atoms with van der Waals surface area (Å²) in [4.78, 5) is 15.0. The van der Waals surface area contributed by atoms with Crippen molar-refractivity contribution < 1.29 is 19.2 Å². The maximum atomic E-state index is 10.7. The molecule has 6 nitrogen and oxygen atoms in total. The van der Waals surface area contributed by atoms with Gasteiger partial charge in [-0.1, -0.05) is 46.6 Å². The Morgan fingerprint density at radius 1 is 1.20 bits per heavy atom. The maximum absolute atomic E-state index is 10.7. The van der Waals surface area contributed by atoms with Crippen molar-refractivity contribution in [3.8, 4) is 17.1 Å². The van der Waals surface area contributed by atoms with E-state index in [-0.39, 0.29) is 13.0 Å². The van der Waals surface area contributed by atoms with Crippen molar-refractivity contribution in [2.75, 3.05) is 0 Å². The minimum atomic E-state index is -0.949. The first kappa shape index (κ1) is 17.3. The molecule has 0 aliphatic heterocycles. The monoisotopic (exact) mass is 378 g/mol. The Balaban J connectivity index is 1.66. The van der Waals surface area contributed by atoms with Gasteiger partial charge in [0.2, 0.25) is 5.82 Å². The third-order valence-corrected chi connectivity index (χ3v) is 3.87. The van der Waals surface area contributed by atoms with Crippen molar-refractivity contribution in [2.24, 2.45) is 0 Å². The number of nitrogens with zero attached hydrogens (tertiary/aromatic N) is 2. The normalized spacial score (nSPS) is 10.6. The van der Waals surface area contributed by atoms with Gasteiger partial charge in [-0.15, -0.1) is 0 Å². The van der Waals surface area contributed by atoms with Gasteiger partial charge in [-0.2, -0.15) is 4.98 Å². The van der Waals surface area contributed by atoms with E-state index in [1.54, 1.807) is 36.4 Å². The molecule has 0 fully saturated rings. The molecule has 1 heterocycles. The fraction of sp³-hybridized carbons (Fsp3) is 0.118. The lowest BCUT2D eigenvalue weighted by Gasteiger charge is -2.06. The van der Waals surface area contributed by atoms with Crippen molar-refractivity contribution in [1.29, 1.82) is 0 Å². The maximum Gasteiger partial charge on any atom is 0.307 e. The van der Waals surface area contributed by atoms with E-state index >= 15 is 0 Å². The van der Waals surface area contributed by atoms with Crippen LogP contribution >= 0.6 is 23.2 Å². The molecule has 1 N–H and O–H groups in total. The molecule has 1 aromatic heterocycles. The molecule has 0 unspecified atom stereocenters. The van der Waals surface area contributed by atoms with Crippen LogP contribution in [0.4, 0.5) is 0 Å². The van der Waals surface area contributed by atoms with Gasteiger partial charge in [-0.25, -0.2) is 0 Å². The summed E-state index contributed by atoms with van der Waals surface area (Å²) in [6.07, 6.45) is -0.147. The molecular formula is C17H12Cl2N2O4. The van der Waals surface area contributed by atoms with Crippen molar-refractivity contribution in [3.63, 3.8) is 0 Å². The summed E-state index contributed by atoms with van der Waals surface area (Å²) in [5, 5.41) is 13.6. The highest BCUT2D eigenvalue weighted by atomic mass is 35.5. The lowest BCUT2D eigenvalue weighted by atomic mass is 10.1. The number of benzene rings is 2. The van der Waals surface area contributed by atoms with E-state index in [1.807, 2.05) is 6.07 Å². The van der Waals surface area contributed by atoms with E-state index in [9.17, 15) is 4.79 Å². The highest BCUT2D eigenvalue weighted by Crippen LogP contribution is 2.24. The Labute approximate surface area is 153 Å². The lowest BCUT2D eigenvalue weighted by molar-refractivity contribution is -0.136. The molecule has 0 amide bonds. The van der Waals surface area contributed by atoms with Crippen LogP contribution in [0.5, 0.6) is 5.75 Å². The van der Waals surface area contributed by atoms with Crippen molar-refractivity contribution in [1.82, 2.24) is 10.1 Å². The quantitative estimate of drug-likeness (QED) is 0.689. The van der Waals surface area contributed by atoms with Crippen LogP contribution in [0, 0.1) is 0 Å². The van der Waals surface area contributed by atoms with E-state index in [2.05, 4.69) is 10.1 Å². The number of aliphatic carboxylic acids is 1. The van der Waals surface area contributed by atoms with E-state index in [0.29, 0.717) is 33.1 Å². The standard InChI is InChI=1S/C17H12Cl2N2O4/c18-12-3-1-2-11(6-12)17-20-15(25-21-17)9-24-13-5-4-10(7-16(22)23)14(19)8-13/h1-6,8H,7,9H2,(H,22,23). The molecular weight excluding hydrogens is 367 g/mol. The highest BCUT2D eigenvalue weighted by molar-refractivity contribution is 6.31. The molecule has 0 bridgehead atoms. The largest absolute Gasteiger partial charge is 0.484 e. The molecule has 128 valence electrons. The van der Waals surface area contributed by atoms with Crippen LogP contribution in [0.15, 0.2) is 47.0 Å². The molecule has 3 rings (SSSR count). The molecule has 0 aliphatic rings. The number of carboxylic acid groups (broad SMARTS) is 1. The van der Waals surface area contributed by atoms with E-state index < -0.39 is 5.97 Å². The number of hydrogen-bond acceptors (Lipinski definition) is 5. The van der Waals surface area contributed by atoms with Gasteiger partial charge in [-0.05, 0) is 29.8 Å². The molecule has 0 saturated heterocycles. The molecule has 0 spiro atoms. The highest BCUT2D eigenvalue weighted by Gasteiger charge is 2.11. The summed E-state index contributed by atoms with van der Waals surface area (Å²) in [5.41, 5.74) is 1.26. The number of carboxylic acids is 1. The first-order valence-corrected chi connectivity index (χ1v) is 7.98. The molecule has 3 aromatic rings. The number of hydrogen-bond donors (Lipinski definition) is 1. The fourth-order valence-corrected chi connectivity index (χ4v) is 2.56. The Morgan fingerprint density at radius 2 is 2.04 bits per heavy atom. The van der Waals surface area contributed by atoms with Crippen molar-refractivity contribution >= 4 is 29.2 Å². The molecule has 0 aliphatic carbocycles. The molecule has 0 radical (unpaired) electrons. The van der Waals surface area contributed by atoms with Crippen molar-refractivity contribution in [3.05, 3.63) is 64.0 Å². The smallest absolute Gasteiger partial charge is 0.307 e. The van der Waals surface area contributed by atoms with Gasteiger partial charge >= 0.3 is 5.97 Å². The topological polar surface area (TPSA) is 85.5 Å². The van der Waals surface area contributed by atoms with Crippen LogP contribution in [0.3, 0.4) is 0 Å². The van der Waals surface area contributed by atoms with Gasteiger partial charge in [0.15, 0.2) is 6.61 Å². The van der Waals surface area contributed by atoms with Gasteiger partial charge in [0.25, 0.3) is 5.89 Å². The first-order chi connectivity index (χ1) is 12.0. The van der Waals surface area contributed by atoms with Gasteiger partial charge in [0.05, 0.1) is 6.42 Å². The lowest BCUT2D eigenvalue weighted by Crippen LogP contribution is -2.01. The minimum absolute atomic E-state index is 0.0577. The zero-order chi connectivity index (χ0) is 17.8. The van der Waals surface area contributed by atoms with Crippen molar-refractivity contribution in [2.45, 2.75) is 13.0 Å². The van der Waals surface area contributed by atoms with Gasteiger partial charge in [-0.3, -0.25) is 4.79 Å². The summed E-state index contributed by atoms with van der Waals surface area (Å²) in [6.45, 7) is 0.0577. The SMILES string of the molecule is O=C(O)Cc1ccc(OCc2nc(-c3cccc(Cl)c3)no2)cc1Cl. The summed E-state index contributed by atoms with van der Waals surface area (Å²) < 4.78 is 10.7. The second-order valence-corrected chi connectivity index (χ2v) is 5.98. The predicted molar refractivity (Wildman–Crippen MR) is 91.9 cm³/mol. The van der Waals surface area contributed by atoms with Crippen LogP contribution in [-0.2, 0) is 17.8 Å². The van der Waals surface area contributed by atoms with Crippen LogP contribution in [0.1, 0.15) is 11.5 Å². The average molecular weight is 379 g/mol. The van der Waals surface area contributed by atoms with E-state index in [0.717, 1.165) is 5.56 Å². The Bertz CT molecular complexity index is 911. The number of halogens is 2. The third-order valence-electron chi connectivity index (χ3n) is 3.28. The number of ether oxygens (including phenoxy) is 1. The number of rotatable bonds is 6. The minimum Gasteiger partial charge on any atom is -0.484 e. The molecule has 2 aromatic carbocycles. The van der Waals surface area contributed by atoms with Gasteiger partial charge < -0.3 is 14.4 Å².